The molecule has 0 unspecified atom stereocenters. The molecule has 1 aliphatic heterocycles. The maximum atomic E-state index is 12.6. The van der Waals surface area contributed by atoms with Gasteiger partial charge in [0.15, 0.2) is 0 Å². The smallest absolute Gasteiger partial charge is 0.261 e. The number of hydrogen-bond donors (Lipinski definition) is 2. The average Bonchev–Trinajstić information content (AvgIpc) is 3.31. The molecule has 0 aliphatic carbocycles. The van der Waals surface area contributed by atoms with Gasteiger partial charge in [0, 0.05) is 38.1 Å². The van der Waals surface area contributed by atoms with Crippen molar-refractivity contribution in [2.45, 2.75) is 18.6 Å². The number of thiophene rings is 1. The van der Waals surface area contributed by atoms with Gasteiger partial charge < -0.3 is 10.2 Å². The molecule has 1 saturated heterocycles. The number of likely N-dealkylation sites (tertiary alicyclic amines) is 1. The summed E-state index contributed by atoms with van der Waals surface area (Å²) in [5, 5.41) is 6.21. The van der Waals surface area contributed by atoms with Crippen molar-refractivity contribution in [1.29, 1.82) is 0 Å². The van der Waals surface area contributed by atoms with E-state index in [1.807, 2.05) is 24.3 Å². The largest absolute Gasteiger partial charge is 0.345 e. The van der Waals surface area contributed by atoms with Crippen LogP contribution in [0, 0.1) is 0 Å². The molecule has 1 aliphatic rings. The first-order valence-electron chi connectivity index (χ1n) is 9.74. The second kappa shape index (κ2) is 9.05. The molecule has 2 aromatic heterocycles. The van der Waals surface area contributed by atoms with Crippen LogP contribution in [0.2, 0.25) is 4.34 Å². The van der Waals surface area contributed by atoms with Crippen molar-refractivity contribution in [3.8, 4) is 5.69 Å². The van der Waals surface area contributed by atoms with Crippen LogP contribution in [-0.2, 0) is 11.3 Å². The zero-order valence-corrected chi connectivity index (χ0v) is 18.3. The molecule has 7 nitrogen and oxygen atoms in total. The lowest BCUT2D eigenvalue weighted by atomic mass is 10.1. The van der Waals surface area contributed by atoms with Crippen LogP contribution in [0.1, 0.15) is 15.2 Å². The third kappa shape index (κ3) is 4.71. The van der Waals surface area contributed by atoms with Crippen molar-refractivity contribution in [3.05, 3.63) is 85.9 Å². The van der Waals surface area contributed by atoms with E-state index in [2.05, 4.69) is 10.6 Å². The molecule has 2 N–H and O–H groups in total. The van der Waals surface area contributed by atoms with Gasteiger partial charge in [0.2, 0.25) is 5.91 Å². The van der Waals surface area contributed by atoms with E-state index in [9.17, 15) is 14.4 Å². The summed E-state index contributed by atoms with van der Waals surface area (Å²) in [4.78, 5) is 39.2. The first-order chi connectivity index (χ1) is 14.9. The van der Waals surface area contributed by atoms with Gasteiger partial charge in [-0.1, -0.05) is 29.8 Å². The summed E-state index contributed by atoms with van der Waals surface area (Å²) in [5.74, 6) is -0.309. The minimum atomic E-state index is -0.527. The van der Waals surface area contributed by atoms with Gasteiger partial charge in [-0.05, 0) is 35.9 Å². The topological polar surface area (TPSA) is 83.4 Å². The predicted octanol–water partition coefficient (Wildman–Crippen LogP) is 2.28. The highest BCUT2D eigenvalue weighted by Crippen LogP contribution is 2.22. The third-order valence-corrected chi connectivity index (χ3v) is 6.42. The molecule has 3 aromatic rings. The van der Waals surface area contributed by atoms with E-state index in [1.54, 1.807) is 47.0 Å². The summed E-state index contributed by atoms with van der Waals surface area (Å²) in [6, 6.07) is 15.0. The molecule has 0 radical (unpaired) electrons. The molecule has 0 bridgehead atoms. The van der Waals surface area contributed by atoms with Crippen molar-refractivity contribution < 1.29 is 9.59 Å². The van der Waals surface area contributed by atoms with Crippen molar-refractivity contribution in [1.82, 2.24) is 20.1 Å². The third-order valence-electron chi connectivity index (χ3n) is 5.19. The summed E-state index contributed by atoms with van der Waals surface area (Å²) < 4.78 is 2.11. The van der Waals surface area contributed by atoms with Gasteiger partial charge >= 0.3 is 0 Å². The number of amides is 2. The highest BCUT2D eigenvalue weighted by atomic mass is 35.5. The van der Waals surface area contributed by atoms with Gasteiger partial charge in [0.05, 0.1) is 15.3 Å². The van der Waals surface area contributed by atoms with Crippen LogP contribution in [0.4, 0.5) is 0 Å². The summed E-state index contributed by atoms with van der Waals surface area (Å²) in [6.07, 6.45) is 1.72. The molecular formula is C22H21ClN4O3S. The lowest BCUT2D eigenvalue weighted by Gasteiger charge is -2.19. The van der Waals surface area contributed by atoms with Crippen molar-refractivity contribution >= 4 is 34.8 Å². The van der Waals surface area contributed by atoms with E-state index in [1.165, 1.54) is 17.4 Å². The van der Waals surface area contributed by atoms with Crippen LogP contribution in [-0.4, -0.2) is 47.0 Å². The number of halogens is 1. The van der Waals surface area contributed by atoms with E-state index in [-0.39, 0.29) is 23.4 Å². The summed E-state index contributed by atoms with van der Waals surface area (Å²) in [5.41, 5.74) is 1.63. The zero-order chi connectivity index (χ0) is 22.0. The van der Waals surface area contributed by atoms with E-state index in [4.69, 9.17) is 11.6 Å². The predicted molar refractivity (Wildman–Crippen MR) is 121 cm³/mol. The maximum Gasteiger partial charge on any atom is 0.261 e. The van der Waals surface area contributed by atoms with E-state index in [0.29, 0.717) is 22.3 Å². The van der Waals surface area contributed by atoms with Crippen molar-refractivity contribution in [3.63, 3.8) is 0 Å². The molecule has 9 heteroatoms. The Morgan fingerprint density at radius 1 is 1.13 bits per heavy atom. The number of carbonyl (C=O) groups is 2. The Labute approximate surface area is 188 Å². The molecule has 2 amide bonds. The van der Waals surface area contributed by atoms with Gasteiger partial charge in [0.1, 0.15) is 6.04 Å². The normalized spacial score (nSPS) is 18.4. The summed E-state index contributed by atoms with van der Waals surface area (Å²) >= 11 is 7.12. The van der Waals surface area contributed by atoms with Gasteiger partial charge in [-0.25, -0.2) is 0 Å². The molecule has 0 spiro atoms. The Hall–Kier alpha value is -2.94. The number of hydrogen-bond acceptors (Lipinski definition) is 5. The number of benzene rings is 1. The van der Waals surface area contributed by atoms with Crippen LogP contribution in [0.3, 0.4) is 0 Å². The number of nitrogens with one attached hydrogen (secondary N) is 2. The van der Waals surface area contributed by atoms with Crippen LogP contribution >= 0.6 is 22.9 Å². The minimum absolute atomic E-state index is 0.0676. The van der Waals surface area contributed by atoms with Crippen LogP contribution in [0.5, 0.6) is 0 Å². The molecule has 0 saturated carbocycles. The standard InChI is InChI=1S/C22H21ClN4O3S/c1-26-13-16(25-21(29)17-9-10-18(23)31-17)20(22(26)30)24-12-14-5-7-15(8-6-14)27-11-3-2-4-19(27)28/h2-11,16,20,24H,12-13H2,1H3,(H,25,29)/t16-,20-/m1/s1. The number of nitrogens with zero attached hydrogens (tertiary/aromatic N) is 2. The highest BCUT2D eigenvalue weighted by Gasteiger charge is 2.39. The van der Waals surface area contributed by atoms with E-state index in [0.717, 1.165) is 11.3 Å². The Balaban J connectivity index is 1.42. The second-order valence-electron chi connectivity index (χ2n) is 7.34. The lowest BCUT2D eigenvalue weighted by Crippen LogP contribution is -2.50. The fourth-order valence-corrected chi connectivity index (χ4v) is 4.52. The molecule has 3 heterocycles. The van der Waals surface area contributed by atoms with Gasteiger partial charge in [-0.2, -0.15) is 0 Å². The number of rotatable bonds is 6. The van der Waals surface area contributed by atoms with Crippen LogP contribution in [0.15, 0.2) is 65.6 Å². The van der Waals surface area contributed by atoms with Crippen LogP contribution < -0.4 is 16.2 Å². The summed E-state index contributed by atoms with van der Waals surface area (Å²) in [7, 11) is 1.72. The van der Waals surface area contributed by atoms with Gasteiger partial charge in [0.25, 0.3) is 11.5 Å². The Bertz CT molecular complexity index is 1160. The first kappa shape index (κ1) is 21.3. The number of pyridine rings is 1. The quantitative estimate of drug-likeness (QED) is 0.596. The van der Waals surface area contributed by atoms with Crippen molar-refractivity contribution in [2.24, 2.45) is 0 Å². The van der Waals surface area contributed by atoms with E-state index < -0.39 is 6.04 Å². The minimum Gasteiger partial charge on any atom is -0.345 e. The molecule has 4 rings (SSSR count). The summed E-state index contributed by atoms with van der Waals surface area (Å²) in [6.45, 7) is 0.878. The highest BCUT2D eigenvalue weighted by molar-refractivity contribution is 7.18. The molecule has 1 aromatic carbocycles. The zero-order valence-electron chi connectivity index (χ0n) is 16.7. The second-order valence-corrected chi connectivity index (χ2v) is 9.05. The van der Waals surface area contributed by atoms with E-state index >= 15 is 0 Å². The number of aromatic nitrogens is 1. The molecule has 2 atom stereocenters. The SMILES string of the molecule is CN1C[C@@H](NC(=O)c2ccc(Cl)s2)[C@@H](NCc2ccc(-n3ccccc3=O)cc2)C1=O. The van der Waals surface area contributed by atoms with Gasteiger partial charge in [-0.15, -0.1) is 11.3 Å². The Morgan fingerprint density at radius 3 is 2.58 bits per heavy atom. The molecular weight excluding hydrogens is 436 g/mol. The Kier molecular flexibility index (Phi) is 6.22. The average molecular weight is 457 g/mol. The fraction of sp³-hybridized carbons (Fsp3) is 0.227. The monoisotopic (exact) mass is 456 g/mol. The Morgan fingerprint density at radius 2 is 1.90 bits per heavy atom. The number of likely N-dealkylation sites (N-methyl/N-ethyl adjacent to an activating group) is 1. The lowest BCUT2D eigenvalue weighted by molar-refractivity contribution is -0.128. The van der Waals surface area contributed by atoms with Gasteiger partial charge in [-0.3, -0.25) is 24.3 Å². The molecule has 160 valence electrons. The number of carbonyl (C=O) groups excluding carboxylic acids is 2. The van der Waals surface area contributed by atoms with Crippen molar-refractivity contribution in [2.75, 3.05) is 13.6 Å². The molecule has 31 heavy (non-hydrogen) atoms. The van der Waals surface area contributed by atoms with Crippen LogP contribution in [0.25, 0.3) is 5.69 Å². The molecule has 1 fully saturated rings. The maximum absolute atomic E-state index is 12.6. The first-order valence-corrected chi connectivity index (χ1v) is 10.9. The fourth-order valence-electron chi connectivity index (χ4n) is 3.58.